The summed E-state index contributed by atoms with van der Waals surface area (Å²) in [6.07, 6.45) is 2.81. The number of hydrogen-bond donors (Lipinski definition) is 1. The van der Waals surface area contributed by atoms with Crippen molar-refractivity contribution in [2.75, 3.05) is 6.61 Å². The predicted molar refractivity (Wildman–Crippen MR) is 61.1 cm³/mol. The fourth-order valence-electron chi connectivity index (χ4n) is 3.75. The molecule has 4 atom stereocenters. The minimum Gasteiger partial charge on any atom is -0.393 e. The van der Waals surface area contributed by atoms with E-state index in [1.54, 1.807) is 6.92 Å². The van der Waals surface area contributed by atoms with Crippen LogP contribution in [0.5, 0.6) is 0 Å². The maximum Gasteiger partial charge on any atom is 0.129 e. The van der Waals surface area contributed by atoms with Crippen molar-refractivity contribution in [2.24, 2.45) is 11.3 Å². The summed E-state index contributed by atoms with van der Waals surface area (Å²) in [5, 5.41) is 9.87. The molecule has 4 unspecified atom stereocenters. The maximum absolute atomic E-state index is 11.1. The van der Waals surface area contributed by atoms with Crippen LogP contribution < -0.4 is 0 Å². The highest BCUT2D eigenvalue weighted by molar-refractivity contribution is 5.75. The smallest absolute Gasteiger partial charge is 0.129 e. The van der Waals surface area contributed by atoms with Crippen LogP contribution in [0.4, 0.5) is 0 Å². The number of fused-ring (bicyclic) bond motifs is 2. The summed E-state index contributed by atoms with van der Waals surface area (Å²) >= 11 is 0. The molecule has 1 aliphatic carbocycles. The summed E-state index contributed by atoms with van der Waals surface area (Å²) in [5.41, 5.74) is -0.163. The highest BCUT2D eigenvalue weighted by atomic mass is 16.5. The number of ether oxygens (including phenoxy) is 1. The van der Waals surface area contributed by atoms with Crippen molar-refractivity contribution in [2.45, 2.75) is 58.2 Å². The molecule has 92 valence electrons. The Hall–Kier alpha value is -0.410. The van der Waals surface area contributed by atoms with Gasteiger partial charge in [-0.15, -0.1) is 0 Å². The summed E-state index contributed by atoms with van der Waals surface area (Å²) in [5.74, 6) is 0.657. The van der Waals surface area contributed by atoms with Gasteiger partial charge in [0, 0.05) is 12.8 Å². The molecule has 2 fully saturated rings. The molecule has 0 aromatic carbocycles. The molecule has 0 aromatic heterocycles. The van der Waals surface area contributed by atoms with Crippen molar-refractivity contribution in [3.05, 3.63) is 0 Å². The highest BCUT2D eigenvalue weighted by Gasteiger charge is 2.57. The van der Waals surface area contributed by atoms with Gasteiger partial charge in [0.1, 0.15) is 5.78 Å². The number of ketones is 1. The van der Waals surface area contributed by atoms with Gasteiger partial charge in [0.25, 0.3) is 0 Å². The van der Waals surface area contributed by atoms with E-state index in [1.165, 1.54) is 0 Å². The largest absolute Gasteiger partial charge is 0.393 e. The average Bonchev–Trinajstić information content (AvgIpc) is 2.27. The molecule has 3 heteroatoms. The minimum atomic E-state index is -0.244. The number of carbonyl (C=O) groups is 1. The Morgan fingerprint density at radius 3 is 2.69 bits per heavy atom. The SMILES string of the molecule is CC(=O)CCC1C2(C)COC1(C)CC(O)C2. The Bertz CT molecular complexity index is 282. The van der Waals surface area contributed by atoms with Crippen LogP contribution in [0.1, 0.15) is 46.5 Å². The van der Waals surface area contributed by atoms with E-state index in [2.05, 4.69) is 13.8 Å². The zero-order chi connectivity index (χ0) is 12.0. The van der Waals surface area contributed by atoms with Crippen molar-refractivity contribution in [1.82, 2.24) is 0 Å². The molecule has 0 spiro atoms. The third-order valence-corrected chi connectivity index (χ3v) is 4.44. The van der Waals surface area contributed by atoms with Crippen molar-refractivity contribution >= 4 is 5.78 Å². The monoisotopic (exact) mass is 226 g/mol. The first-order chi connectivity index (χ1) is 7.36. The number of carbonyl (C=O) groups excluding carboxylic acids is 1. The molecule has 1 N–H and O–H groups in total. The Kier molecular flexibility index (Phi) is 2.87. The first kappa shape index (κ1) is 12.1. The second-order valence-electron chi connectivity index (χ2n) is 6.11. The topological polar surface area (TPSA) is 46.5 Å². The van der Waals surface area contributed by atoms with Crippen LogP contribution in [0.3, 0.4) is 0 Å². The Balaban J connectivity index is 2.14. The molecule has 1 saturated heterocycles. The van der Waals surface area contributed by atoms with E-state index in [-0.39, 0.29) is 22.9 Å². The fourth-order valence-corrected chi connectivity index (χ4v) is 3.75. The first-order valence-electron chi connectivity index (χ1n) is 6.17. The summed E-state index contributed by atoms with van der Waals surface area (Å²) < 4.78 is 5.91. The van der Waals surface area contributed by atoms with Crippen LogP contribution >= 0.6 is 0 Å². The Morgan fingerprint density at radius 1 is 1.44 bits per heavy atom. The molecule has 1 aliphatic heterocycles. The number of hydrogen-bond acceptors (Lipinski definition) is 3. The van der Waals surface area contributed by atoms with Crippen LogP contribution in [0.25, 0.3) is 0 Å². The molecule has 0 amide bonds. The maximum atomic E-state index is 11.1. The van der Waals surface area contributed by atoms with Gasteiger partial charge in [0.05, 0.1) is 18.3 Å². The summed E-state index contributed by atoms with van der Waals surface area (Å²) in [7, 11) is 0. The van der Waals surface area contributed by atoms with Gasteiger partial charge in [0.2, 0.25) is 0 Å². The molecule has 1 heterocycles. The average molecular weight is 226 g/mol. The normalized spacial score (nSPS) is 47.0. The van der Waals surface area contributed by atoms with Gasteiger partial charge in [-0.3, -0.25) is 0 Å². The van der Waals surface area contributed by atoms with E-state index in [1.807, 2.05) is 0 Å². The highest BCUT2D eigenvalue weighted by Crippen LogP contribution is 2.55. The molecule has 16 heavy (non-hydrogen) atoms. The zero-order valence-electron chi connectivity index (χ0n) is 10.5. The lowest BCUT2D eigenvalue weighted by Crippen LogP contribution is -2.46. The van der Waals surface area contributed by atoms with Crippen LogP contribution in [0.2, 0.25) is 0 Å². The summed E-state index contributed by atoms with van der Waals surface area (Å²) in [6.45, 7) is 6.64. The minimum absolute atomic E-state index is 0.0574. The summed E-state index contributed by atoms with van der Waals surface area (Å²) in [4.78, 5) is 11.1. The van der Waals surface area contributed by atoms with Gasteiger partial charge in [-0.1, -0.05) is 6.92 Å². The first-order valence-corrected chi connectivity index (χ1v) is 6.17. The van der Waals surface area contributed by atoms with E-state index in [9.17, 15) is 9.90 Å². The second-order valence-corrected chi connectivity index (χ2v) is 6.11. The lowest BCUT2D eigenvalue weighted by atomic mass is 9.61. The molecule has 0 radical (unpaired) electrons. The summed E-state index contributed by atoms with van der Waals surface area (Å²) in [6, 6.07) is 0. The van der Waals surface area contributed by atoms with E-state index >= 15 is 0 Å². The molecule has 2 aliphatic rings. The Morgan fingerprint density at radius 2 is 2.12 bits per heavy atom. The van der Waals surface area contributed by atoms with Crippen molar-refractivity contribution < 1.29 is 14.6 Å². The van der Waals surface area contributed by atoms with Gasteiger partial charge in [0.15, 0.2) is 0 Å². The Labute approximate surface area is 97.2 Å². The second kappa shape index (κ2) is 3.81. The molecular weight excluding hydrogens is 204 g/mol. The number of aliphatic hydroxyl groups excluding tert-OH is 1. The van der Waals surface area contributed by atoms with E-state index < -0.39 is 0 Å². The molecule has 3 nitrogen and oxygen atoms in total. The van der Waals surface area contributed by atoms with Crippen molar-refractivity contribution in [1.29, 1.82) is 0 Å². The van der Waals surface area contributed by atoms with Crippen LogP contribution in [0, 0.1) is 11.3 Å². The van der Waals surface area contributed by atoms with Gasteiger partial charge < -0.3 is 14.6 Å². The van der Waals surface area contributed by atoms with Crippen LogP contribution in [-0.2, 0) is 9.53 Å². The van der Waals surface area contributed by atoms with Crippen molar-refractivity contribution in [3.8, 4) is 0 Å². The molecule has 0 aromatic rings. The third kappa shape index (κ3) is 1.91. The standard InChI is InChI=1S/C13H22O3/c1-9(14)4-5-11-12(2)6-10(15)7-13(11,3)16-8-12/h10-11,15H,4-8H2,1-3H3. The van der Waals surface area contributed by atoms with Gasteiger partial charge in [-0.2, -0.15) is 0 Å². The quantitative estimate of drug-likeness (QED) is 0.799. The van der Waals surface area contributed by atoms with Crippen molar-refractivity contribution in [3.63, 3.8) is 0 Å². The lowest BCUT2D eigenvalue weighted by molar-refractivity contribution is -0.118. The van der Waals surface area contributed by atoms with Gasteiger partial charge in [-0.05, 0) is 38.0 Å². The third-order valence-electron chi connectivity index (χ3n) is 4.44. The van der Waals surface area contributed by atoms with E-state index in [0.717, 1.165) is 19.4 Å². The van der Waals surface area contributed by atoms with Crippen LogP contribution in [-0.4, -0.2) is 29.2 Å². The predicted octanol–water partition coefficient (Wildman–Crippen LogP) is 1.92. The number of aliphatic hydroxyl groups is 1. The fraction of sp³-hybridized carbons (Fsp3) is 0.923. The zero-order valence-corrected chi connectivity index (χ0v) is 10.5. The number of rotatable bonds is 3. The van der Waals surface area contributed by atoms with Gasteiger partial charge in [-0.25, -0.2) is 0 Å². The molecule has 2 rings (SSSR count). The molecule has 2 bridgehead atoms. The lowest BCUT2D eigenvalue weighted by Gasteiger charge is -2.44. The molecule has 1 saturated carbocycles. The van der Waals surface area contributed by atoms with E-state index in [0.29, 0.717) is 18.8 Å². The van der Waals surface area contributed by atoms with Gasteiger partial charge >= 0.3 is 0 Å². The molecular formula is C13H22O3. The van der Waals surface area contributed by atoms with Crippen LogP contribution in [0.15, 0.2) is 0 Å². The number of Topliss-reactive ketones (excluding diaryl/α,β-unsaturated/α-hetero) is 1. The van der Waals surface area contributed by atoms with E-state index in [4.69, 9.17) is 4.74 Å².